The molecule has 1 aromatic rings. The molecule has 1 heterocycles. The van der Waals surface area contributed by atoms with Crippen molar-refractivity contribution in [3.63, 3.8) is 0 Å². The van der Waals surface area contributed by atoms with Crippen LogP contribution in [-0.4, -0.2) is 25.2 Å². The maximum Gasteiger partial charge on any atom is 0.142 e. The van der Waals surface area contributed by atoms with Crippen molar-refractivity contribution in [1.29, 1.82) is 0 Å². The van der Waals surface area contributed by atoms with Gasteiger partial charge >= 0.3 is 0 Å². The lowest BCUT2D eigenvalue weighted by Crippen LogP contribution is -2.29. The monoisotopic (exact) mass is 234 g/mol. The Morgan fingerprint density at radius 2 is 2.35 bits per heavy atom. The maximum absolute atomic E-state index is 5.76. The highest BCUT2D eigenvalue weighted by Gasteiger charge is 2.15. The Morgan fingerprint density at radius 3 is 3.12 bits per heavy atom. The zero-order valence-electron chi connectivity index (χ0n) is 10.9. The Morgan fingerprint density at radius 1 is 1.53 bits per heavy atom. The van der Waals surface area contributed by atoms with Crippen LogP contribution in [0.3, 0.4) is 0 Å². The van der Waals surface area contributed by atoms with Gasteiger partial charge in [-0.3, -0.25) is 0 Å². The van der Waals surface area contributed by atoms with Gasteiger partial charge < -0.3 is 15.4 Å². The number of ether oxygens (including phenoxy) is 1. The van der Waals surface area contributed by atoms with E-state index in [9.17, 15) is 0 Å². The molecule has 3 nitrogen and oxygen atoms in total. The summed E-state index contributed by atoms with van der Waals surface area (Å²) in [7, 11) is 0. The molecule has 0 saturated heterocycles. The van der Waals surface area contributed by atoms with Gasteiger partial charge in [0, 0.05) is 6.04 Å². The van der Waals surface area contributed by atoms with Crippen LogP contribution in [-0.2, 0) is 6.42 Å². The SMILES string of the molecule is CCNC(C)Cc1ccc2c(c1)NCC(C)O2. The molecule has 3 heteroatoms. The molecule has 0 spiro atoms. The summed E-state index contributed by atoms with van der Waals surface area (Å²) < 4.78 is 5.76. The molecular formula is C14H22N2O. The zero-order valence-corrected chi connectivity index (χ0v) is 10.9. The van der Waals surface area contributed by atoms with Crippen LogP contribution in [0.1, 0.15) is 26.3 Å². The van der Waals surface area contributed by atoms with Crippen molar-refractivity contribution in [3.8, 4) is 5.75 Å². The van der Waals surface area contributed by atoms with Gasteiger partial charge in [-0.05, 0) is 44.5 Å². The smallest absolute Gasteiger partial charge is 0.142 e. The molecule has 17 heavy (non-hydrogen) atoms. The molecule has 1 aromatic carbocycles. The van der Waals surface area contributed by atoms with Gasteiger partial charge in [0.2, 0.25) is 0 Å². The third-order valence-corrected chi connectivity index (χ3v) is 3.05. The Balaban J connectivity index is 2.06. The van der Waals surface area contributed by atoms with Crippen LogP contribution in [0.2, 0.25) is 0 Å². The summed E-state index contributed by atoms with van der Waals surface area (Å²) in [5.41, 5.74) is 2.48. The fraction of sp³-hybridized carbons (Fsp3) is 0.571. The predicted molar refractivity (Wildman–Crippen MR) is 71.9 cm³/mol. The van der Waals surface area contributed by atoms with E-state index in [1.807, 2.05) is 0 Å². The van der Waals surface area contributed by atoms with Crippen LogP contribution in [0, 0.1) is 0 Å². The molecule has 0 amide bonds. The summed E-state index contributed by atoms with van der Waals surface area (Å²) in [6.45, 7) is 8.34. The highest BCUT2D eigenvalue weighted by molar-refractivity contribution is 5.59. The van der Waals surface area contributed by atoms with Gasteiger partial charge in [-0.15, -0.1) is 0 Å². The summed E-state index contributed by atoms with van der Waals surface area (Å²) in [5, 5.41) is 6.84. The number of rotatable bonds is 4. The Bertz CT molecular complexity index is 378. The van der Waals surface area contributed by atoms with E-state index in [1.165, 1.54) is 5.56 Å². The van der Waals surface area contributed by atoms with Crippen LogP contribution < -0.4 is 15.4 Å². The zero-order chi connectivity index (χ0) is 12.3. The minimum atomic E-state index is 0.258. The molecule has 0 bridgehead atoms. The van der Waals surface area contributed by atoms with Crippen LogP contribution in [0.25, 0.3) is 0 Å². The molecule has 2 atom stereocenters. The first-order valence-corrected chi connectivity index (χ1v) is 6.46. The van der Waals surface area contributed by atoms with E-state index in [1.54, 1.807) is 0 Å². The number of anilines is 1. The van der Waals surface area contributed by atoms with Crippen LogP contribution >= 0.6 is 0 Å². The average molecular weight is 234 g/mol. The molecule has 0 saturated carbocycles. The van der Waals surface area contributed by atoms with Gasteiger partial charge in [-0.2, -0.15) is 0 Å². The van der Waals surface area contributed by atoms with E-state index in [0.29, 0.717) is 6.04 Å². The van der Waals surface area contributed by atoms with Crippen molar-refractivity contribution >= 4 is 5.69 Å². The Labute approximate surface area is 104 Å². The van der Waals surface area contributed by atoms with Crippen molar-refractivity contribution in [2.24, 2.45) is 0 Å². The molecule has 0 aliphatic carbocycles. The average Bonchev–Trinajstić information content (AvgIpc) is 2.29. The Kier molecular flexibility index (Phi) is 3.89. The van der Waals surface area contributed by atoms with Crippen molar-refractivity contribution in [2.45, 2.75) is 39.3 Å². The first-order valence-electron chi connectivity index (χ1n) is 6.46. The van der Waals surface area contributed by atoms with E-state index >= 15 is 0 Å². The molecule has 2 N–H and O–H groups in total. The molecule has 2 unspecified atom stereocenters. The van der Waals surface area contributed by atoms with Crippen LogP contribution in [0.15, 0.2) is 18.2 Å². The fourth-order valence-corrected chi connectivity index (χ4v) is 2.23. The molecule has 0 aromatic heterocycles. The fourth-order valence-electron chi connectivity index (χ4n) is 2.23. The van der Waals surface area contributed by atoms with E-state index in [0.717, 1.165) is 30.9 Å². The number of likely N-dealkylation sites (N-methyl/N-ethyl adjacent to an activating group) is 1. The van der Waals surface area contributed by atoms with Crippen LogP contribution in [0.5, 0.6) is 5.75 Å². The molecule has 0 radical (unpaired) electrons. The predicted octanol–water partition coefficient (Wildman–Crippen LogP) is 2.42. The lowest BCUT2D eigenvalue weighted by molar-refractivity contribution is 0.226. The third-order valence-electron chi connectivity index (χ3n) is 3.05. The number of nitrogens with one attached hydrogen (secondary N) is 2. The number of fused-ring (bicyclic) bond motifs is 1. The first-order chi connectivity index (χ1) is 8.19. The largest absolute Gasteiger partial charge is 0.487 e. The lowest BCUT2D eigenvalue weighted by atomic mass is 10.1. The van der Waals surface area contributed by atoms with Gasteiger partial charge in [0.15, 0.2) is 0 Å². The second-order valence-corrected chi connectivity index (χ2v) is 4.80. The van der Waals surface area contributed by atoms with Crippen molar-refractivity contribution in [2.75, 3.05) is 18.4 Å². The quantitative estimate of drug-likeness (QED) is 0.839. The van der Waals surface area contributed by atoms with Gasteiger partial charge in [0.1, 0.15) is 11.9 Å². The van der Waals surface area contributed by atoms with E-state index in [-0.39, 0.29) is 6.10 Å². The molecule has 94 valence electrons. The lowest BCUT2D eigenvalue weighted by Gasteiger charge is -2.25. The highest BCUT2D eigenvalue weighted by atomic mass is 16.5. The second-order valence-electron chi connectivity index (χ2n) is 4.80. The minimum absolute atomic E-state index is 0.258. The highest BCUT2D eigenvalue weighted by Crippen LogP contribution is 2.30. The summed E-state index contributed by atoms with van der Waals surface area (Å²) in [6.07, 6.45) is 1.31. The topological polar surface area (TPSA) is 33.3 Å². The van der Waals surface area contributed by atoms with Gasteiger partial charge in [0.25, 0.3) is 0 Å². The second kappa shape index (κ2) is 5.41. The van der Waals surface area contributed by atoms with Crippen LogP contribution in [0.4, 0.5) is 5.69 Å². The van der Waals surface area contributed by atoms with Crippen molar-refractivity contribution < 1.29 is 4.74 Å². The molecule has 0 fully saturated rings. The summed E-state index contributed by atoms with van der Waals surface area (Å²) in [6, 6.07) is 6.95. The third kappa shape index (κ3) is 3.13. The minimum Gasteiger partial charge on any atom is -0.487 e. The molecule has 2 rings (SSSR count). The van der Waals surface area contributed by atoms with E-state index in [2.05, 4.69) is 49.6 Å². The standard InChI is InChI=1S/C14H22N2O/c1-4-15-10(2)7-12-5-6-14-13(8-12)16-9-11(3)17-14/h5-6,8,10-11,15-16H,4,7,9H2,1-3H3. The maximum atomic E-state index is 5.76. The molecular weight excluding hydrogens is 212 g/mol. The van der Waals surface area contributed by atoms with Crippen molar-refractivity contribution in [1.82, 2.24) is 5.32 Å². The van der Waals surface area contributed by atoms with Crippen molar-refractivity contribution in [3.05, 3.63) is 23.8 Å². The summed E-state index contributed by atoms with van der Waals surface area (Å²) in [4.78, 5) is 0. The van der Waals surface area contributed by atoms with Gasteiger partial charge in [-0.25, -0.2) is 0 Å². The first kappa shape index (κ1) is 12.2. The van der Waals surface area contributed by atoms with E-state index in [4.69, 9.17) is 4.74 Å². The van der Waals surface area contributed by atoms with Gasteiger partial charge in [0.05, 0.1) is 12.2 Å². The number of hydrogen-bond donors (Lipinski definition) is 2. The summed E-state index contributed by atoms with van der Waals surface area (Å²) in [5.74, 6) is 0.976. The number of hydrogen-bond acceptors (Lipinski definition) is 3. The Hall–Kier alpha value is -1.22. The molecule has 1 aliphatic heterocycles. The van der Waals surface area contributed by atoms with E-state index < -0.39 is 0 Å². The molecule has 1 aliphatic rings. The number of benzene rings is 1. The summed E-state index contributed by atoms with van der Waals surface area (Å²) >= 11 is 0. The van der Waals surface area contributed by atoms with Gasteiger partial charge in [-0.1, -0.05) is 13.0 Å². The normalized spacial score (nSPS) is 20.1.